The topological polar surface area (TPSA) is 68.1 Å². The molecule has 0 saturated carbocycles. The van der Waals surface area contributed by atoms with Crippen LogP contribution >= 0.6 is 0 Å². The van der Waals surface area contributed by atoms with Gasteiger partial charge in [-0.15, -0.1) is 0 Å². The predicted octanol–water partition coefficient (Wildman–Crippen LogP) is 1.12. The van der Waals surface area contributed by atoms with E-state index in [1.807, 2.05) is 17.2 Å². The molecule has 2 aromatic rings. The predicted molar refractivity (Wildman–Crippen MR) is 85.7 cm³/mol. The Labute approximate surface area is 134 Å². The molecule has 3 rings (SSSR count). The fraction of sp³-hybridized carbons (Fsp3) is 0.412. The maximum absolute atomic E-state index is 12.4. The van der Waals surface area contributed by atoms with Gasteiger partial charge in [-0.2, -0.15) is 0 Å². The van der Waals surface area contributed by atoms with Crippen molar-refractivity contribution in [1.29, 1.82) is 0 Å². The minimum Gasteiger partial charge on any atom is -0.341 e. The molecule has 1 aliphatic heterocycles. The number of rotatable bonds is 4. The van der Waals surface area contributed by atoms with Crippen LogP contribution in [-0.2, 0) is 17.8 Å². The first-order valence-electron chi connectivity index (χ1n) is 7.90. The van der Waals surface area contributed by atoms with Crippen molar-refractivity contribution in [1.82, 2.24) is 19.4 Å². The zero-order valence-electron chi connectivity index (χ0n) is 13.0. The Kier molecular flexibility index (Phi) is 4.80. The number of pyridine rings is 1. The first-order chi connectivity index (χ1) is 11.2. The van der Waals surface area contributed by atoms with E-state index >= 15 is 0 Å². The minimum atomic E-state index is -0.384. The summed E-state index contributed by atoms with van der Waals surface area (Å²) in [6.45, 7) is 1.56. The van der Waals surface area contributed by atoms with Crippen molar-refractivity contribution in [2.24, 2.45) is 5.92 Å². The number of nitrogens with zero attached hydrogens (tertiary/aromatic N) is 4. The molecule has 1 saturated heterocycles. The molecule has 1 amide bonds. The van der Waals surface area contributed by atoms with Crippen LogP contribution in [0.15, 0.2) is 47.8 Å². The van der Waals surface area contributed by atoms with E-state index in [1.165, 1.54) is 16.3 Å². The van der Waals surface area contributed by atoms with Gasteiger partial charge < -0.3 is 4.90 Å². The van der Waals surface area contributed by atoms with Gasteiger partial charge in [0, 0.05) is 37.9 Å². The Morgan fingerprint density at radius 1 is 1.30 bits per heavy atom. The molecule has 0 spiro atoms. The van der Waals surface area contributed by atoms with E-state index < -0.39 is 0 Å². The molecule has 1 unspecified atom stereocenters. The molecule has 0 aromatic carbocycles. The number of amides is 1. The number of hydrogen-bond donors (Lipinski definition) is 0. The van der Waals surface area contributed by atoms with Crippen molar-refractivity contribution in [3.05, 3.63) is 59.0 Å². The van der Waals surface area contributed by atoms with Crippen molar-refractivity contribution in [2.45, 2.75) is 25.8 Å². The summed E-state index contributed by atoms with van der Waals surface area (Å²) in [5.41, 5.74) is 0.819. The van der Waals surface area contributed by atoms with Gasteiger partial charge in [0.25, 0.3) is 0 Å². The van der Waals surface area contributed by atoms with Crippen molar-refractivity contribution in [3.63, 3.8) is 0 Å². The molecule has 6 heteroatoms. The molecule has 120 valence electrons. The first kappa shape index (κ1) is 15.4. The summed E-state index contributed by atoms with van der Waals surface area (Å²) in [7, 11) is 0. The molecule has 1 atom stereocenters. The van der Waals surface area contributed by atoms with Crippen LogP contribution < -0.4 is 5.69 Å². The second-order valence-corrected chi connectivity index (χ2v) is 5.94. The van der Waals surface area contributed by atoms with Crippen LogP contribution in [0, 0.1) is 5.92 Å². The summed E-state index contributed by atoms with van der Waals surface area (Å²) in [5.74, 6) is 0.429. The van der Waals surface area contributed by atoms with Crippen LogP contribution in [0.1, 0.15) is 18.4 Å². The molecule has 2 aromatic heterocycles. The third-order valence-corrected chi connectivity index (χ3v) is 4.21. The summed E-state index contributed by atoms with van der Waals surface area (Å²) in [4.78, 5) is 33.7. The third kappa shape index (κ3) is 4.03. The molecule has 1 aliphatic rings. The lowest BCUT2D eigenvalue weighted by atomic mass is 9.92. The van der Waals surface area contributed by atoms with Crippen LogP contribution in [0.5, 0.6) is 0 Å². The molecule has 3 heterocycles. The molecule has 0 bridgehead atoms. The summed E-state index contributed by atoms with van der Waals surface area (Å²) < 4.78 is 1.35. The zero-order valence-corrected chi connectivity index (χ0v) is 13.0. The van der Waals surface area contributed by atoms with Gasteiger partial charge in [0.05, 0.1) is 0 Å². The van der Waals surface area contributed by atoms with Crippen LogP contribution in [0.4, 0.5) is 0 Å². The van der Waals surface area contributed by atoms with E-state index in [9.17, 15) is 9.59 Å². The monoisotopic (exact) mass is 312 g/mol. The molecular weight excluding hydrogens is 292 g/mol. The van der Waals surface area contributed by atoms with Gasteiger partial charge in [-0.05, 0) is 42.9 Å². The lowest BCUT2D eigenvalue weighted by molar-refractivity contribution is -0.133. The van der Waals surface area contributed by atoms with Crippen LogP contribution in [0.2, 0.25) is 0 Å². The maximum Gasteiger partial charge on any atom is 0.347 e. The Bertz CT molecular complexity index is 714. The highest BCUT2D eigenvalue weighted by Gasteiger charge is 2.24. The summed E-state index contributed by atoms with van der Waals surface area (Å²) in [6, 6.07) is 5.68. The molecule has 23 heavy (non-hydrogen) atoms. The minimum absolute atomic E-state index is 0.0176. The van der Waals surface area contributed by atoms with E-state index in [1.54, 1.807) is 18.5 Å². The Hall–Kier alpha value is -2.50. The highest BCUT2D eigenvalue weighted by atomic mass is 16.2. The first-order valence-corrected chi connectivity index (χ1v) is 7.90. The fourth-order valence-electron chi connectivity index (χ4n) is 3.06. The number of carbonyl (C=O) groups is 1. The normalized spacial score (nSPS) is 17.9. The van der Waals surface area contributed by atoms with E-state index in [2.05, 4.69) is 16.0 Å². The number of aromatic nitrogens is 3. The second-order valence-electron chi connectivity index (χ2n) is 5.94. The maximum atomic E-state index is 12.4. The van der Waals surface area contributed by atoms with Crippen molar-refractivity contribution in [3.8, 4) is 0 Å². The van der Waals surface area contributed by atoms with E-state index in [0.717, 1.165) is 32.4 Å². The summed E-state index contributed by atoms with van der Waals surface area (Å²) in [5, 5.41) is 0. The average molecular weight is 312 g/mol. The average Bonchev–Trinajstić information content (AvgIpc) is 2.58. The smallest absolute Gasteiger partial charge is 0.341 e. The highest BCUT2D eigenvalue weighted by Crippen LogP contribution is 2.20. The summed E-state index contributed by atoms with van der Waals surface area (Å²) in [6.07, 6.45) is 9.74. The largest absolute Gasteiger partial charge is 0.347 e. The fourth-order valence-corrected chi connectivity index (χ4v) is 3.06. The Balaban J connectivity index is 1.61. The van der Waals surface area contributed by atoms with Crippen LogP contribution in [0.3, 0.4) is 0 Å². The standard InChI is InChI=1S/C17H20N4O2/c22-16(13-21-9-3-7-19-17(21)23)20-8-2-5-15(12-20)10-14-4-1-6-18-11-14/h1,3-4,6-7,9,11,15H,2,5,8,10,12-13H2. The quantitative estimate of drug-likeness (QED) is 0.848. The Morgan fingerprint density at radius 2 is 2.22 bits per heavy atom. The van der Waals surface area contributed by atoms with Gasteiger partial charge in [-0.1, -0.05) is 6.07 Å². The summed E-state index contributed by atoms with van der Waals surface area (Å²) >= 11 is 0. The molecule has 0 radical (unpaired) electrons. The van der Waals surface area contributed by atoms with Gasteiger partial charge >= 0.3 is 5.69 Å². The van der Waals surface area contributed by atoms with Crippen molar-refractivity contribution < 1.29 is 4.79 Å². The second kappa shape index (κ2) is 7.17. The number of piperidine rings is 1. The Morgan fingerprint density at radius 3 is 3.00 bits per heavy atom. The van der Waals surface area contributed by atoms with Gasteiger partial charge in [0.1, 0.15) is 6.54 Å². The zero-order chi connectivity index (χ0) is 16.1. The lowest BCUT2D eigenvalue weighted by Crippen LogP contribution is -2.43. The van der Waals surface area contributed by atoms with Gasteiger partial charge in [-0.3, -0.25) is 14.3 Å². The molecule has 0 N–H and O–H groups in total. The van der Waals surface area contributed by atoms with Crippen molar-refractivity contribution >= 4 is 5.91 Å². The van der Waals surface area contributed by atoms with E-state index in [-0.39, 0.29) is 18.1 Å². The van der Waals surface area contributed by atoms with E-state index in [4.69, 9.17) is 0 Å². The van der Waals surface area contributed by atoms with Gasteiger partial charge in [0.2, 0.25) is 5.91 Å². The number of carbonyl (C=O) groups excluding carboxylic acids is 1. The van der Waals surface area contributed by atoms with Crippen LogP contribution in [0.25, 0.3) is 0 Å². The molecular formula is C17H20N4O2. The molecule has 6 nitrogen and oxygen atoms in total. The van der Waals surface area contributed by atoms with Crippen LogP contribution in [-0.4, -0.2) is 38.4 Å². The van der Waals surface area contributed by atoms with E-state index in [0.29, 0.717) is 5.92 Å². The number of likely N-dealkylation sites (tertiary alicyclic amines) is 1. The lowest BCUT2D eigenvalue weighted by Gasteiger charge is -2.33. The highest BCUT2D eigenvalue weighted by molar-refractivity contribution is 5.76. The number of hydrogen-bond acceptors (Lipinski definition) is 4. The molecule has 1 fully saturated rings. The van der Waals surface area contributed by atoms with Gasteiger partial charge in [0.15, 0.2) is 0 Å². The molecule has 0 aliphatic carbocycles. The van der Waals surface area contributed by atoms with Crippen molar-refractivity contribution in [2.75, 3.05) is 13.1 Å². The SMILES string of the molecule is O=C(Cn1cccnc1=O)N1CCCC(Cc2cccnc2)C1. The third-order valence-electron chi connectivity index (χ3n) is 4.21. The van der Waals surface area contributed by atoms with Gasteiger partial charge in [-0.25, -0.2) is 9.78 Å².